The van der Waals surface area contributed by atoms with Gasteiger partial charge in [0.05, 0.1) is 25.1 Å². The average molecular weight is 392 g/mol. The first-order valence-electron chi connectivity index (χ1n) is 9.97. The van der Waals surface area contributed by atoms with Crippen LogP contribution in [0.15, 0.2) is 30.5 Å². The number of aromatic nitrogens is 4. The Morgan fingerprint density at radius 2 is 1.66 bits per heavy atom. The molecular weight excluding hydrogens is 368 g/mol. The number of hydrogen-bond acceptors (Lipinski definition) is 9. The molecule has 0 saturated carbocycles. The van der Waals surface area contributed by atoms with Crippen molar-refractivity contribution in [3.8, 4) is 11.3 Å². The predicted octanol–water partition coefficient (Wildman–Crippen LogP) is 0.915. The third-order valence-corrected chi connectivity index (χ3v) is 5.36. The summed E-state index contributed by atoms with van der Waals surface area (Å²) < 4.78 is 5.46. The molecule has 2 saturated heterocycles. The largest absolute Gasteiger partial charge is 0.378 e. The maximum Gasteiger partial charge on any atom is 0.224 e. The highest BCUT2D eigenvalue weighted by molar-refractivity contribution is 5.85. The van der Waals surface area contributed by atoms with E-state index in [1.807, 2.05) is 0 Å². The van der Waals surface area contributed by atoms with Gasteiger partial charge in [0, 0.05) is 50.5 Å². The van der Waals surface area contributed by atoms with Crippen molar-refractivity contribution in [3.05, 3.63) is 30.5 Å². The smallest absolute Gasteiger partial charge is 0.224 e. The lowest BCUT2D eigenvalue weighted by Crippen LogP contribution is -2.43. The van der Waals surface area contributed by atoms with Gasteiger partial charge in [0.2, 0.25) is 5.95 Å². The Morgan fingerprint density at radius 1 is 0.897 bits per heavy atom. The monoisotopic (exact) mass is 392 g/mol. The van der Waals surface area contributed by atoms with E-state index >= 15 is 0 Å². The second kappa shape index (κ2) is 7.76. The summed E-state index contributed by atoms with van der Waals surface area (Å²) in [5, 5.41) is 3.38. The van der Waals surface area contributed by atoms with Crippen LogP contribution in [0.4, 0.5) is 17.5 Å². The van der Waals surface area contributed by atoms with Gasteiger partial charge in [-0.05, 0) is 12.1 Å². The third-order valence-electron chi connectivity index (χ3n) is 5.36. The molecule has 0 atom stereocenters. The van der Waals surface area contributed by atoms with Crippen LogP contribution in [0, 0.1) is 0 Å². The molecule has 0 aliphatic carbocycles. The van der Waals surface area contributed by atoms with E-state index < -0.39 is 0 Å². The fourth-order valence-corrected chi connectivity index (χ4v) is 3.81. The molecule has 5 rings (SSSR count). The lowest BCUT2D eigenvalue weighted by Gasteiger charge is -2.29. The molecule has 0 unspecified atom stereocenters. The molecule has 2 aliphatic rings. The summed E-state index contributed by atoms with van der Waals surface area (Å²) >= 11 is 0. The molecule has 0 spiro atoms. The SMILES string of the molecule is Nc1nc(N2CCOCC2)c2nc(-c3ccc(N4CCNCC4)cc3)cnc2n1. The lowest BCUT2D eigenvalue weighted by atomic mass is 10.1. The summed E-state index contributed by atoms with van der Waals surface area (Å²) in [6, 6.07) is 8.49. The Kier molecular flexibility index (Phi) is 4.82. The van der Waals surface area contributed by atoms with Crippen molar-refractivity contribution < 1.29 is 4.74 Å². The zero-order valence-corrected chi connectivity index (χ0v) is 16.2. The van der Waals surface area contributed by atoms with E-state index in [1.54, 1.807) is 6.20 Å². The highest BCUT2D eigenvalue weighted by Gasteiger charge is 2.19. The Hall–Kier alpha value is -3.04. The number of hydrogen-bond donors (Lipinski definition) is 2. The van der Waals surface area contributed by atoms with Crippen molar-refractivity contribution in [2.24, 2.45) is 0 Å². The number of nitrogens with two attached hydrogens (primary N) is 1. The van der Waals surface area contributed by atoms with E-state index in [0.717, 1.165) is 56.3 Å². The number of benzene rings is 1. The molecule has 0 bridgehead atoms. The maximum atomic E-state index is 5.91. The highest BCUT2D eigenvalue weighted by Crippen LogP contribution is 2.27. The summed E-state index contributed by atoms with van der Waals surface area (Å²) in [5.74, 6) is 0.934. The number of ether oxygens (including phenoxy) is 1. The van der Waals surface area contributed by atoms with E-state index in [0.29, 0.717) is 24.4 Å². The molecule has 2 fully saturated rings. The summed E-state index contributed by atoms with van der Waals surface area (Å²) in [5.41, 5.74) is 10.1. The zero-order chi connectivity index (χ0) is 19.6. The van der Waals surface area contributed by atoms with Gasteiger partial charge in [-0.25, -0.2) is 9.97 Å². The van der Waals surface area contributed by atoms with Gasteiger partial charge in [0.25, 0.3) is 0 Å². The predicted molar refractivity (Wildman–Crippen MR) is 113 cm³/mol. The summed E-state index contributed by atoms with van der Waals surface area (Å²) in [7, 11) is 0. The van der Waals surface area contributed by atoms with Crippen molar-refractivity contribution >= 4 is 28.6 Å². The normalized spacial score (nSPS) is 17.7. The first-order chi connectivity index (χ1) is 14.3. The minimum absolute atomic E-state index is 0.210. The number of nitrogens with zero attached hydrogens (tertiary/aromatic N) is 6. The molecule has 2 aliphatic heterocycles. The molecular formula is C20H24N8O. The number of piperazine rings is 1. The molecule has 1 aromatic carbocycles. The van der Waals surface area contributed by atoms with Gasteiger partial charge in [-0.2, -0.15) is 9.97 Å². The Morgan fingerprint density at radius 3 is 2.41 bits per heavy atom. The molecule has 4 heterocycles. The van der Waals surface area contributed by atoms with Gasteiger partial charge in [0.15, 0.2) is 17.0 Å². The molecule has 9 heteroatoms. The molecule has 0 radical (unpaired) electrons. The first kappa shape index (κ1) is 18.0. The van der Waals surface area contributed by atoms with Crippen molar-refractivity contribution in [2.45, 2.75) is 0 Å². The standard InChI is InChI=1S/C20H24N8O/c21-20-25-18-17(19(26-20)28-9-11-29-12-10-28)24-16(13-23-18)14-1-3-15(4-2-14)27-7-5-22-6-8-27/h1-4,13,22H,5-12H2,(H2,21,23,25,26). The van der Waals surface area contributed by atoms with Crippen molar-refractivity contribution in [2.75, 3.05) is 68.0 Å². The summed E-state index contributed by atoms with van der Waals surface area (Å²) in [4.78, 5) is 22.6. The van der Waals surface area contributed by atoms with Crippen LogP contribution in [0.25, 0.3) is 22.4 Å². The van der Waals surface area contributed by atoms with Gasteiger partial charge in [-0.3, -0.25) is 0 Å². The number of nitrogen functional groups attached to an aromatic ring is 1. The number of anilines is 3. The summed E-state index contributed by atoms with van der Waals surface area (Å²) in [6.45, 7) is 6.90. The van der Waals surface area contributed by atoms with E-state index in [-0.39, 0.29) is 5.95 Å². The van der Waals surface area contributed by atoms with Crippen LogP contribution in [-0.4, -0.2) is 72.4 Å². The number of fused-ring (bicyclic) bond motifs is 1. The molecule has 2 aromatic heterocycles. The van der Waals surface area contributed by atoms with Crippen LogP contribution in [0.5, 0.6) is 0 Å². The van der Waals surface area contributed by atoms with Gasteiger partial charge in [-0.15, -0.1) is 0 Å². The number of nitrogens with one attached hydrogen (secondary N) is 1. The van der Waals surface area contributed by atoms with Crippen LogP contribution in [0.1, 0.15) is 0 Å². The lowest BCUT2D eigenvalue weighted by molar-refractivity contribution is 0.122. The summed E-state index contributed by atoms with van der Waals surface area (Å²) in [6.07, 6.45) is 1.75. The van der Waals surface area contributed by atoms with Crippen LogP contribution < -0.4 is 20.9 Å². The topological polar surface area (TPSA) is 105 Å². The first-order valence-corrected chi connectivity index (χ1v) is 9.97. The maximum absolute atomic E-state index is 5.91. The second-order valence-electron chi connectivity index (χ2n) is 7.22. The molecule has 9 nitrogen and oxygen atoms in total. The molecule has 150 valence electrons. The molecule has 3 N–H and O–H groups in total. The molecule has 0 amide bonds. The second-order valence-corrected chi connectivity index (χ2v) is 7.22. The molecule has 29 heavy (non-hydrogen) atoms. The Labute approximate surface area is 168 Å². The van der Waals surface area contributed by atoms with Crippen LogP contribution in [0.3, 0.4) is 0 Å². The quantitative estimate of drug-likeness (QED) is 0.673. The minimum atomic E-state index is 0.210. The Bertz CT molecular complexity index is 997. The Balaban J connectivity index is 1.49. The van der Waals surface area contributed by atoms with Crippen molar-refractivity contribution in [1.29, 1.82) is 0 Å². The van der Waals surface area contributed by atoms with Gasteiger partial charge in [-0.1, -0.05) is 12.1 Å². The number of rotatable bonds is 3. The minimum Gasteiger partial charge on any atom is -0.378 e. The average Bonchev–Trinajstić information content (AvgIpc) is 2.79. The molecule has 3 aromatic rings. The van der Waals surface area contributed by atoms with E-state index in [1.165, 1.54) is 5.69 Å². The van der Waals surface area contributed by atoms with Gasteiger partial charge >= 0.3 is 0 Å². The zero-order valence-electron chi connectivity index (χ0n) is 16.2. The van der Waals surface area contributed by atoms with Gasteiger partial charge < -0.3 is 25.6 Å². The highest BCUT2D eigenvalue weighted by atomic mass is 16.5. The van der Waals surface area contributed by atoms with E-state index in [4.69, 9.17) is 15.5 Å². The van der Waals surface area contributed by atoms with Gasteiger partial charge in [0.1, 0.15) is 0 Å². The fraction of sp³-hybridized carbons (Fsp3) is 0.400. The number of morpholine rings is 1. The third kappa shape index (κ3) is 3.66. The van der Waals surface area contributed by atoms with Crippen LogP contribution in [0.2, 0.25) is 0 Å². The van der Waals surface area contributed by atoms with Crippen molar-refractivity contribution in [1.82, 2.24) is 25.3 Å². The van der Waals surface area contributed by atoms with Crippen LogP contribution in [-0.2, 0) is 4.74 Å². The van der Waals surface area contributed by atoms with E-state index in [9.17, 15) is 0 Å². The van der Waals surface area contributed by atoms with Crippen molar-refractivity contribution in [3.63, 3.8) is 0 Å². The fourth-order valence-electron chi connectivity index (χ4n) is 3.81. The van der Waals surface area contributed by atoms with Crippen LogP contribution >= 0.6 is 0 Å². The van der Waals surface area contributed by atoms with E-state index in [2.05, 4.69) is 54.3 Å².